The molecule has 8 nitrogen and oxygen atoms in total. The van der Waals surface area contributed by atoms with Gasteiger partial charge in [0.15, 0.2) is 0 Å². The van der Waals surface area contributed by atoms with Crippen LogP contribution in [0.5, 0.6) is 0 Å². The summed E-state index contributed by atoms with van der Waals surface area (Å²) in [6.45, 7) is 4.97. The molecule has 176 valence electrons. The number of nitrogens with one attached hydrogen (secondary N) is 2. The average Bonchev–Trinajstić information content (AvgIpc) is 3.48. The second-order valence-corrected chi connectivity index (χ2v) is 9.87. The number of anilines is 1. The van der Waals surface area contributed by atoms with E-state index in [2.05, 4.69) is 31.6 Å². The number of hydrogen-bond acceptors (Lipinski definition) is 7. The van der Waals surface area contributed by atoms with Crippen molar-refractivity contribution in [2.75, 3.05) is 31.5 Å². The van der Waals surface area contributed by atoms with E-state index < -0.39 is 0 Å². The first kappa shape index (κ1) is 22.1. The van der Waals surface area contributed by atoms with Gasteiger partial charge in [-0.25, -0.2) is 15.0 Å². The Morgan fingerprint density at radius 2 is 1.97 bits per heavy atom. The van der Waals surface area contributed by atoms with Crippen LogP contribution in [0.4, 0.5) is 5.69 Å². The summed E-state index contributed by atoms with van der Waals surface area (Å²) in [5.74, 6) is -0.296. The lowest BCUT2D eigenvalue weighted by Gasteiger charge is -2.26. The maximum atomic E-state index is 13.0. The zero-order valence-electron chi connectivity index (χ0n) is 18.7. The summed E-state index contributed by atoms with van der Waals surface area (Å²) < 4.78 is 1.74. The van der Waals surface area contributed by atoms with E-state index in [-0.39, 0.29) is 5.91 Å². The van der Waals surface area contributed by atoms with E-state index in [4.69, 9.17) is 16.6 Å². The van der Waals surface area contributed by atoms with E-state index in [0.717, 1.165) is 59.2 Å². The van der Waals surface area contributed by atoms with Crippen molar-refractivity contribution in [1.29, 1.82) is 0 Å². The van der Waals surface area contributed by atoms with E-state index in [9.17, 15) is 4.79 Å². The van der Waals surface area contributed by atoms with Crippen molar-refractivity contribution in [3.63, 3.8) is 0 Å². The molecule has 1 aromatic carbocycles. The number of amides is 1. The molecule has 1 aliphatic rings. The Morgan fingerprint density at radius 3 is 2.86 bits per heavy atom. The Hall–Kier alpha value is -3.37. The Bertz CT molecular complexity index is 1540. The fourth-order valence-corrected chi connectivity index (χ4v) is 5.33. The monoisotopic (exact) mass is 503 g/mol. The van der Waals surface area contributed by atoms with Crippen molar-refractivity contribution in [3.8, 4) is 10.6 Å². The number of carbonyl (C=O) groups excluding carboxylic acids is 1. The topological polar surface area (TPSA) is 87.5 Å². The van der Waals surface area contributed by atoms with Crippen molar-refractivity contribution >= 4 is 50.5 Å². The highest BCUT2D eigenvalue weighted by Crippen LogP contribution is 2.34. The largest absolute Gasteiger partial charge is 0.320 e. The minimum absolute atomic E-state index is 0.296. The quantitative estimate of drug-likeness (QED) is 0.371. The van der Waals surface area contributed by atoms with Crippen LogP contribution in [0.2, 0.25) is 5.02 Å². The van der Waals surface area contributed by atoms with Gasteiger partial charge in [0.05, 0.1) is 10.7 Å². The third kappa shape index (κ3) is 4.63. The van der Waals surface area contributed by atoms with Crippen LogP contribution in [-0.2, 0) is 6.54 Å². The molecule has 0 spiro atoms. The first-order valence-electron chi connectivity index (χ1n) is 11.4. The van der Waals surface area contributed by atoms with Gasteiger partial charge in [0.25, 0.3) is 5.91 Å². The van der Waals surface area contributed by atoms with Crippen LogP contribution in [0.15, 0.2) is 61.1 Å². The van der Waals surface area contributed by atoms with Gasteiger partial charge in [-0.05, 0) is 35.9 Å². The summed E-state index contributed by atoms with van der Waals surface area (Å²) in [6.07, 6.45) is 5.33. The number of carbonyl (C=O) groups is 1. The number of piperazine rings is 1. The lowest BCUT2D eigenvalue weighted by Crippen LogP contribution is -2.42. The molecule has 0 saturated carbocycles. The first-order valence-corrected chi connectivity index (χ1v) is 12.6. The van der Waals surface area contributed by atoms with Gasteiger partial charge < -0.3 is 15.0 Å². The minimum Gasteiger partial charge on any atom is -0.320 e. The third-order valence-electron chi connectivity index (χ3n) is 5.97. The molecular formula is C25H22ClN7OS. The number of thiazole rings is 1. The Balaban J connectivity index is 1.26. The molecular weight excluding hydrogens is 482 g/mol. The van der Waals surface area contributed by atoms with Crippen molar-refractivity contribution < 1.29 is 4.79 Å². The lowest BCUT2D eigenvalue weighted by molar-refractivity contribution is 0.102. The molecule has 0 radical (unpaired) electrons. The van der Waals surface area contributed by atoms with Crippen LogP contribution < -0.4 is 10.6 Å². The highest BCUT2D eigenvalue weighted by atomic mass is 35.5. The highest BCUT2D eigenvalue weighted by Gasteiger charge is 2.17. The number of hydrogen-bond donors (Lipinski definition) is 2. The van der Waals surface area contributed by atoms with Crippen LogP contribution >= 0.6 is 22.9 Å². The third-order valence-corrected chi connectivity index (χ3v) is 7.21. The maximum absolute atomic E-state index is 13.0. The molecule has 1 saturated heterocycles. The van der Waals surface area contributed by atoms with Crippen molar-refractivity contribution in [2.24, 2.45) is 0 Å². The smallest absolute Gasteiger partial charge is 0.275 e. The molecule has 0 atom stereocenters. The second-order valence-electron chi connectivity index (χ2n) is 8.45. The molecule has 1 aliphatic heterocycles. The molecule has 1 fully saturated rings. The van der Waals surface area contributed by atoms with Gasteiger partial charge in [0, 0.05) is 56.9 Å². The van der Waals surface area contributed by atoms with Gasteiger partial charge in [0.2, 0.25) is 0 Å². The number of aromatic nitrogens is 4. The molecule has 1 amide bonds. The molecule has 0 bridgehead atoms. The zero-order valence-corrected chi connectivity index (χ0v) is 20.3. The average molecular weight is 504 g/mol. The van der Waals surface area contributed by atoms with Gasteiger partial charge >= 0.3 is 0 Å². The second kappa shape index (κ2) is 9.35. The van der Waals surface area contributed by atoms with Crippen LogP contribution in [0.1, 0.15) is 16.1 Å². The number of halogens is 1. The number of imidazole rings is 1. The van der Waals surface area contributed by atoms with E-state index in [0.29, 0.717) is 22.1 Å². The Labute approximate surface area is 210 Å². The van der Waals surface area contributed by atoms with Crippen molar-refractivity contribution in [1.82, 2.24) is 29.6 Å². The molecule has 5 aromatic rings. The molecule has 10 heteroatoms. The first-order chi connectivity index (χ1) is 17.1. The maximum Gasteiger partial charge on any atom is 0.275 e. The molecule has 0 unspecified atom stereocenters. The van der Waals surface area contributed by atoms with Crippen LogP contribution in [-0.4, -0.2) is 56.3 Å². The summed E-state index contributed by atoms with van der Waals surface area (Å²) in [5, 5.41) is 7.76. The van der Waals surface area contributed by atoms with Gasteiger partial charge in [-0.3, -0.25) is 9.69 Å². The normalized spacial score (nSPS) is 14.5. The van der Waals surface area contributed by atoms with E-state index in [1.807, 2.05) is 30.5 Å². The summed E-state index contributed by atoms with van der Waals surface area (Å²) in [6, 6.07) is 13.3. The van der Waals surface area contributed by atoms with E-state index >= 15 is 0 Å². The fraction of sp³-hybridized carbons (Fsp3) is 0.200. The number of nitrogens with zero attached hydrogens (tertiary/aromatic N) is 5. The van der Waals surface area contributed by atoms with Crippen LogP contribution in [0.25, 0.3) is 26.6 Å². The minimum atomic E-state index is -0.296. The van der Waals surface area contributed by atoms with Crippen LogP contribution in [0, 0.1) is 0 Å². The molecule has 5 heterocycles. The summed E-state index contributed by atoms with van der Waals surface area (Å²) in [4.78, 5) is 30.2. The molecule has 0 aliphatic carbocycles. The lowest BCUT2D eigenvalue weighted by atomic mass is 10.2. The summed E-state index contributed by atoms with van der Waals surface area (Å²) >= 11 is 7.57. The summed E-state index contributed by atoms with van der Waals surface area (Å²) in [5.41, 5.74) is 4.51. The summed E-state index contributed by atoms with van der Waals surface area (Å²) in [7, 11) is 0. The number of para-hydroxylation sites is 1. The van der Waals surface area contributed by atoms with Crippen molar-refractivity contribution in [3.05, 3.63) is 77.3 Å². The highest BCUT2D eigenvalue weighted by molar-refractivity contribution is 7.21. The van der Waals surface area contributed by atoms with Crippen molar-refractivity contribution in [2.45, 2.75) is 6.54 Å². The van der Waals surface area contributed by atoms with Crippen LogP contribution in [0.3, 0.4) is 0 Å². The van der Waals surface area contributed by atoms with E-state index in [1.165, 1.54) is 11.3 Å². The number of fused-ring (bicyclic) bond motifs is 2. The molecule has 4 aromatic heterocycles. The van der Waals surface area contributed by atoms with Gasteiger partial charge in [-0.1, -0.05) is 35.1 Å². The molecule has 6 rings (SSSR count). The Kier molecular flexibility index (Phi) is 5.91. The number of benzene rings is 1. The standard InChI is InChI=1S/C25H22ClN7OS/c26-17-5-6-22-29-21(15-33(22)14-17)23(34)30-19-4-2-1-3-18(19)24-31-20-11-16(12-28-25(20)35-24)13-32-9-7-27-8-10-32/h1-6,11-12,14-15,27H,7-10,13H2,(H,30,34). The number of rotatable bonds is 5. The Morgan fingerprint density at radius 1 is 1.11 bits per heavy atom. The molecule has 35 heavy (non-hydrogen) atoms. The van der Waals surface area contributed by atoms with E-state index in [1.54, 1.807) is 28.9 Å². The zero-order chi connectivity index (χ0) is 23.8. The number of pyridine rings is 2. The van der Waals surface area contributed by atoms with Gasteiger partial charge in [-0.15, -0.1) is 0 Å². The molecule has 2 N–H and O–H groups in total. The van der Waals surface area contributed by atoms with Gasteiger partial charge in [0.1, 0.15) is 26.7 Å². The SMILES string of the molecule is O=C(Nc1ccccc1-c1nc2cc(CN3CCNCC3)cnc2s1)c1cn2cc(Cl)ccc2n1. The predicted octanol–water partition coefficient (Wildman–Crippen LogP) is 4.32. The predicted molar refractivity (Wildman–Crippen MR) is 139 cm³/mol. The fourth-order valence-electron chi connectivity index (χ4n) is 4.23. The van der Waals surface area contributed by atoms with Gasteiger partial charge in [-0.2, -0.15) is 0 Å².